The van der Waals surface area contributed by atoms with E-state index in [4.69, 9.17) is 0 Å². The van der Waals surface area contributed by atoms with Crippen LogP contribution in [0, 0.1) is 10.1 Å². The number of amides is 1. The van der Waals surface area contributed by atoms with E-state index in [1.165, 1.54) is 23.8 Å². The number of nitrogens with one attached hydrogen (secondary N) is 2. The maximum atomic E-state index is 12.1. The summed E-state index contributed by atoms with van der Waals surface area (Å²) in [6.07, 6.45) is 3.94. The van der Waals surface area contributed by atoms with E-state index in [1.807, 2.05) is 0 Å². The fourth-order valence-electron chi connectivity index (χ4n) is 2.13. The molecule has 0 bridgehead atoms. The summed E-state index contributed by atoms with van der Waals surface area (Å²) in [6.45, 7) is 2.37. The minimum Gasteiger partial charge on any atom is -0.352 e. The lowest BCUT2D eigenvalue weighted by molar-refractivity contribution is -0.384. The van der Waals surface area contributed by atoms with Crippen LogP contribution < -0.4 is 10.6 Å². The van der Waals surface area contributed by atoms with Gasteiger partial charge >= 0.3 is 0 Å². The van der Waals surface area contributed by atoms with Gasteiger partial charge in [-0.05, 0) is 41.4 Å². The number of halogens is 1. The molecule has 0 fully saturated rings. The molecule has 0 aliphatic carbocycles. The summed E-state index contributed by atoms with van der Waals surface area (Å²) in [5.41, 5.74) is 1.51. The monoisotopic (exact) mass is 353 g/mol. The Hall–Kier alpha value is -1.73. The normalized spacial score (nSPS) is 14.4. The van der Waals surface area contributed by atoms with Crippen LogP contribution in [0.4, 0.5) is 5.69 Å². The Morgan fingerprint density at radius 3 is 2.95 bits per heavy atom. The van der Waals surface area contributed by atoms with Gasteiger partial charge in [-0.3, -0.25) is 14.9 Å². The number of carbonyl (C=O) groups excluding carboxylic acids is 1. The number of non-ortho nitro benzene ring substituents is 1. The Balaban J connectivity index is 1.95. The molecule has 2 N–H and O–H groups in total. The summed E-state index contributed by atoms with van der Waals surface area (Å²) in [5.74, 6) is -0.305. The fourth-order valence-corrected chi connectivity index (χ4v) is 2.56. The van der Waals surface area contributed by atoms with E-state index in [0.717, 1.165) is 25.9 Å². The summed E-state index contributed by atoms with van der Waals surface area (Å²) in [7, 11) is 0. The van der Waals surface area contributed by atoms with E-state index < -0.39 is 4.92 Å². The van der Waals surface area contributed by atoms with Gasteiger partial charge in [0, 0.05) is 29.7 Å². The smallest absolute Gasteiger partial charge is 0.270 e. The number of hydrogen-bond donors (Lipinski definition) is 2. The zero-order chi connectivity index (χ0) is 15.2. The van der Waals surface area contributed by atoms with Crippen LogP contribution in [-0.2, 0) is 0 Å². The Morgan fingerprint density at radius 2 is 2.29 bits per heavy atom. The first-order chi connectivity index (χ1) is 10.1. The van der Waals surface area contributed by atoms with Crippen LogP contribution in [0.2, 0.25) is 0 Å². The quantitative estimate of drug-likeness (QED) is 0.483. The molecule has 0 unspecified atom stereocenters. The minimum absolute atomic E-state index is 0.0931. The van der Waals surface area contributed by atoms with Crippen molar-refractivity contribution in [3.63, 3.8) is 0 Å². The van der Waals surface area contributed by atoms with Crippen molar-refractivity contribution >= 4 is 27.5 Å². The molecule has 1 aromatic rings. The third-order valence-corrected chi connectivity index (χ3v) is 3.99. The second kappa shape index (κ2) is 7.33. The number of nitro benzene ring substituents is 1. The lowest BCUT2D eigenvalue weighted by Crippen LogP contribution is -2.27. The molecule has 0 atom stereocenters. The molecule has 21 heavy (non-hydrogen) atoms. The first-order valence-electron chi connectivity index (χ1n) is 6.68. The summed E-state index contributed by atoms with van der Waals surface area (Å²) in [5, 5.41) is 16.8. The maximum Gasteiger partial charge on any atom is 0.270 e. The highest BCUT2D eigenvalue weighted by molar-refractivity contribution is 9.10. The predicted octanol–water partition coefficient (Wildman–Crippen LogP) is 2.40. The molecular weight excluding hydrogens is 338 g/mol. The maximum absolute atomic E-state index is 12.1. The van der Waals surface area contributed by atoms with Crippen LogP contribution >= 0.6 is 15.9 Å². The number of benzene rings is 1. The molecule has 0 radical (unpaired) electrons. The second-order valence-electron chi connectivity index (χ2n) is 4.74. The highest BCUT2D eigenvalue weighted by Gasteiger charge is 2.15. The molecule has 7 heteroatoms. The van der Waals surface area contributed by atoms with E-state index in [-0.39, 0.29) is 17.2 Å². The SMILES string of the molecule is O=C(NCCC1=CCNCC1)c1cc([N+](=O)[O-])ccc1Br. The lowest BCUT2D eigenvalue weighted by atomic mass is 10.1. The van der Waals surface area contributed by atoms with Crippen LogP contribution in [0.15, 0.2) is 34.3 Å². The number of carbonyl (C=O) groups is 1. The van der Waals surface area contributed by atoms with Crippen LogP contribution in [0.1, 0.15) is 23.2 Å². The Morgan fingerprint density at radius 1 is 1.48 bits per heavy atom. The molecule has 1 aliphatic heterocycles. The van der Waals surface area contributed by atoms with Crippen molar-refractivity contribution < 1.29 is 9.72 Å². The van der Waals surface area contributed by atoms with Crippen molar-refractivity contribution in [3.8, 4) is 0 Å². The summed E-state index contributed by atoms with van der Waals surface area (Å²) >= 11 is 3.25. The van der Waals surface area contributed by atoms with Crippen LogP contribution in [0.5, 0.6) is 0 Å². The highest BCUT2D eigenvalue weighted by atomic mass is 79.9. The highest BCUT2D eigenvalue weighted by Crippen LogP contribution is 2.22. The standard InChI is InChI=1S/C14H16BrN3O3/c15-13-2-1-11(18(20)21)9-12(13)14(19)17-8-5-10-3-6-16-7-4-10/h1-3,9,16H,4-8H2,(H,17,19). The molecule has 1 heterocycles. The topological polar surface area (TPSA) is 84.3 Å². The van der Waals surface area contributed by atoms with Crippen molar-refractivity contribution in [2.75, 3.05) is 19.6 Å². The molecule has 0 spiro atoms. The summed E-state index contributed by atoms with van der Waals surface area (Å²) in [6, 6.07) is 4.16. The van der Waals surface area contributed by atoms with Gasteiger partial charge in [-0.2, -0.15) is 0 Å². The largest absolute Gasteiger partial charge is 0.352 e. The number of hydrogen-bond acceptors (Lipinski definition) is 4. The lowest BCUT2D eigenvalue weighted by Gasteiger charge is -2.14. The molecule has 112 valence electrons. The predicted molar refractivity (Wildman–Crippen MR) is 83.3 cm³/mol. The first kappa shape index (κ1) is 15.7. The van der Waals surface area contributed by atoms with E-state index in [9.17, 15) is 14.9 Å². The first-order valence-corrected chi connectivity index (χ1v) is 7.48. The van der Waals surface area contributed by atoms with Gasteiger partial charge in [0.2, 0.25) is 0 Å². The Bertz CT molecular complexity index is 587. The van der Waals surface area contributed by atoms with E-state index in [0.29, 0.717) is 11.0 Å². The Labute approximate surface area is 130 Å². The third-order valence-electron chi connectivity index (χ3n) is 3.30. The summed E-state index contributed by atoms with van der Waals surface area (Å²) in [4.78, 5) is 22.3. The Kier molecular flexibility index (Phi) is 5.46. The molecule has 6 nitrogen and oxygen atoms in total. The van der Waals surface area contributed by atoms with Gasteiger partial charge in [0.15, 0.2) is 0 Å². The molecule has 1 amide bonds. The van der Waals surface area contributed by atoms with Crippen molar-refractivity contribution in [2.45, 2.75) is 12.8 Å². The second-order valence-corrected chi connectivity index (χ2v) is 5.60. The van der Waals surface area contributed by atoms with E-state index >= 15 is 0 Å². The zero-order valence-corrected chi connectivity index (χ0v) is 13.0. The average Bonchev–Trinajstić information content (AvgIpc) is 2.48. The van der Waals surface area contributed by atoms with Gasteiger partial charge in [-0.25, -0.2) is 0 Å². The van der Waals surface area contributed by atoms with E-state index in [2.05, 4.69) is 32.6 Å². The van der Waals surface area contributed by atoms with Gasteiger partial charge in [0.1, 0.15) is 0 Å². The molecule has 1 aliphatic rings. The fraction of sp³-hybridized carbons (Fsp3) is 0.357. The van der Waals surface area contributed by atoms with Crippen LogP contribution in [0.25, 0.3) is 0 Å². The molecule has 0 aromatic heterocycles. The number of nitro groups is 1. The summed E-state index contributed by atoms with van der Waals surface area (Å²) < 4.78 is 0.548. The molecule has 2 rings (SSSR count). The van der Waals surface area contributed by atoms with Gasteiger partial charge < -0.3 is 10.6 Å². The van der Waals surface area contributed by atoms with Crippen molar-refractivity contribution in [1.29, 1.82) is 0 Å². The van der Waals surface area contributed by atoms with Gasteiger partial charge in [0.25, 0.3) is 11.6 Å². The van der Waals surface area contributed by atoms with Crippen molar-refractivity contribution in [1.82, 2.24) is 10.6 Å². The molecule has 0 saturated heterocycles. The minimum atomic E-state index is -0.511. The van der Waals surface area contributed by atoms with E-state index in [1.54, 1.807) is 0 Å². The number of nitrogens with zero attached hydrogens (tertiary/aromatic N) is 1. The van der Waals surface area contributed by atoms with Crippen LogP contribution in [0.3, 0.4) is 0 Å². The van der Waals surface area contributed by atoms with Gasteiger partial charge in [-0.15, -0.1) is 0 Å². The average molecular weight is 354 g/mol. The van der Waals surface area contributed by atoms with Crippen molar-refractivity contribution in [2.24, 2.45) is 0 Å². The molecule has 0 saturated carbocycles. The van der Waals surface area contributed by atoms with Gasteiger partial charge in [0.05, 0.1) is 10.5 Å². The third kappa shape index (κ3) is 4.37. The zero-order valence-electron chi connectivity index (χ0n) is 11.4. The molecule has 1 aromatic carbocycles. The van der Waals surface area contributed by atoms with Crippen molar-refractivity contribution in [3.05, 3.63) is 50.0 Å². The number of rotatable bonds is 5. The van der Waals surface area contributed by atoms with Gasteiger partial charge in [-0.1, -0.05) is 11.6 Å². The van der Waals surface area contributed by atoms with Crippen LogP contribution in [-0.4, -0.2) is 30.5 Å². The molecular formula is C14H16BrN3O3.